The summed E-state index contributed by atoms with van der Waals surface area (Å²) in [6.45, 7) is 1.85. The number of carbonyl (C=O) groups excluding carboxylic acids is 2. The van der Waals surface area contributed by atoms with Gasteiger partial charge in [0.05, 0.1) is 5.56 Å². The van der Waals surface area contributed by atoms with E-state index in [0.717, 1.165) is 12.1 Å². The van der Waals surface area contributed by atoms with Gasteiger partial charge in [-0.05, 0) is 23.8 Å². The van der Waals surface area contributed by atoms with Gasteiger partial charge in [-0.25, -0.2) is 4.79 Å². The SMILES string of the molecule is O=C(OCc1ccc(OC(F)(F)F)cc1)N1CC2CN(C(=O)c3ccc(=O)[nH]c3)CC2C1. The van der Waals surface area contributed by atoms with Crippen LogP contribution in [0.15, 0.2) is 47.4 Å². The Morgan fingerprint density at radius 1 is 0.969 bits per heavy atom. The number of aromatic amines is 1. The van der Waals surface area contributed by atoms with Crippen LogP contribution in [0.25, 0.3) is 0 Å². The minimum absolute atomic E-state index is 0.0756. The van der Waals surface area contributed by atoms with Crippen LogP contribution in [0.4, 0.5) is 18.0 Å². The Kier molecular flexibility index (Phi) is 5.81. The Hall–Kier alpha value is -3.50. The van der Waals surface area contributed by atoms with Gasteiger partial charge in [0.25, 0.3) is 5.91 Å². The summed E-state index contributed by atoms with van der Waals surface area (Å²) in [5.41, 5.74) is 0.664. The molecule has 2 aliphatic rings. The summed E-state index contributed by atoms with van der Waals surface area (Å²) in [6, 6.07) is 7.90. The first kappa shape index (κ1) is 21.7. The van der Waals surface area contributed by atoms with Crippen molar-refractivity contribution in [3.8, 4) is 5.75 Å². The van der Waals surface area contributed by atoms with Gasteiger partial charge in [0.1, 0.15) is 12.4 Å². The number of carbonyl (C=O) groups is 2. The van der Waals surface area contributed by atoms with E-state index in [2.05, 4.69) is 9.72 Å². The van der Waals surface area contributed by atoms with Crippen molar-refractivity contribution in [1.82, 2.24) is 14.8 Å². The molecule has 32 heavy (non-hydrogen) atoms. The Balaban J connectivity index is 1.25. The molecule has 1 aromatic heterocycles. The van der Waals surface area contributed by atoms with Gasteiger partial charge in [-0.2, -0.15) is 0 Å². The molecular weight excluding hydrogens is 431 g/mol. The largest absolute Gasteiger partial charge is 0.573 e. The zero-order valence-electron chi connectivity index (χ0n) is 16.8. The predicted octanol–water partition coefficient (Wildman–Crippen LogP) is 2.61. The third-order valence-electron chi connectivity index (χ3n) is 5.58. The highest BCUT2D eigenvalue weighted by atomic mass is 19.4. The van der Waals surface area contributed by atoms with Crippen LogP contribution in [-0.2, 0) is 11.3 Å². The highest BCUT2D eigenvalue weighted by molar-refractivity contribution is 5.94. The van der Waals surface area contributed by atoms with Crippen LogP contribution in [-0.4, -0.2) is 59.3 Å². The Morgan fingerprint density at radius 2 is 1.59 bits per heavy atom. The van der Waals surface area contributed by atoms with Gasteiger partial charge >= 0.3 is 12.5 Å². The van der Waals surface area contributed by atoms with Crippen molar-refractivity contribution in [3.05, 3.63) is 64.1 Å². The number of benzene rings is 1. The monoisotopic (exact) mass is 451 g/mol. The van der Waals surface area contributed by atoms with Crippen LogP contribution >= 0.6 is 0 Å². The standard InChI is InChI=1S/C21H20F3N3O5/c22-21(23,24)32-17-4-1-13(2-5-17)12-31-20(30)27-10-15-8-26(9-16(15)11-27)19(29)14-3-6-18(28)25-7-14/h1-7,15-16H,8-12H2,(H,25,28). The maximum atomic E-state index is 12.6. The average molecular weight is 451 g/mol. The van der Waals surface area contributed by atoms with Gasteiger partial charge in [-0.3, -0.25) is 9.59 Å². The molecule has 0 spiro atoms. The summed E-state index contributed by atoms with van der Waals surface area (Å²) < 4.78 is 45.7. The molecule has 2 aliphatic heterocycles. The number of ether oxygens (including phenoxy) is 2. The van der Waals surface area contributed by atoms with E-state index in [1.54, 1.807) is 9.80 Å². The van der Waals surface area contributed by atoms with E-state index in [0.29, 0.717) is 37.3 Å². The summed E-state index contributed by atoms with van der Waals surface area (Å²) >= 11 is 0. The summed E-state index contributed by atoms with van der Waals surface area (Å²) in [6.07, 6.45) is -3.87. The number of fused-ring (bicyclic) bond motifs is 1. The first-order chi connectivity index (χ1) is 15.2. The first-order valence-corrected chi connectivity index (χ1v) is 9.92. The van der Waals surface area contributed by atoms with Crippen LogP contribution < -0.4 is 10.3 Å². The van der Waals surface area contributed by atoms with Gasteiger partial charge in [-0.1, -0.05) is 12.1 Å². The van der Waals surface area contributed by atoms with E-state index in [-0.39, 0.29) is 35.7 Å². The number of nitrogens with zero attached hydrogens (tertiary/aromatic N) is 2. The molecule has 0 radical (unpaired) electrons. The summed E-state index contributed by atoms with van der Waals surface area (Å²) in [5.74, 6) is -0.246. The number of hydrogen-bond donors (Lipinski definition) is 1. The lowest BCUT2D eigenvalue weighted by Gasteiger charge is -2.21. The van der Waals surface area contributed by atoms with Crippen LogP contribution in [0, 0.1) is 11.8 Å². The van der Waals surface area contributed by atoms with Crippen LogP contribution in [0.3, 0.4) is 0 Å². The molecule has 2 amide bonds. The second kappa shape index (κ2) is 8.56. The van der Waals surface area contributed by atoms with Crippen molar-refractivity contribution in [2.24, 2.45) is 11.8 Å². The Labute approximate surface area is 180 Å². The molecule has 1 aromatic carbocycles. The van der Waals surface area contributed by atoms with Gasteiger partial charge in [0, 0.05) is 50.3 Å². The zero-order chi connectivity index (χ0) is 22.9. The lowest BCUT2D eigenvalue weighted by atomic mass is 10.0. The number of alkyl halides is 3. The molecule has 0 saturated carbocycles. The van der Waals surface area contributed by atoms with E-state index in [1.807, 2.05) is 0 Å². The van der Waals surface area contributed by atoms with Crippen molar-refractivity contribution in [2.45, 2.75) is 13.0 Å². The average Bonchev–Trinajstić information content (AvgIpc) is 3.31. The van der Waals surface area contributed by atoms with Gasteiger partial charge in [0.2, 0.25) is 5.56 Å². The van der Waals surface area contributed by atoms with Crippen LogP contribution in [0.5, 0.6) is 5.75 Å². The van der Waals surface area contributed by atoms with Crippen molar-refractivity contribution in [3.63, 3.8) is 0 Å². The molecule has 170 valence electrons. The minimum atomic E-state index is -4.76. The maximum absolute atomic E-state index is 12.6. The fourth-order valence-corrected chi connectivity index (χ4v) is 4.06. The van der Waals surface area contributed by atoms with Gasteiger partial charge in [-0.15, -0.1) is 13.2 Å². The number of H-pyrrole nitrogens is 1. The fraction of sp³-hybridized carbons (Fsp3) is 0.381. The summed E-state index contributed by atoms with van der Waals surface area (Å²) in [5, 5.41) is 0. The number of likely N-dealkylation sites (tertiary alicyclic amines) is 2. The number of rotatable bonds is 4. The number of hydrogen-bond acceptors (Lipinski definition) is 5. The van der Waals surface area contributed by atoms with Crippen molar-refractivity contribution in [1.29, 1.82) is 0 Å². The molecule has 3 heterocycles. The normalized spacial score (nSPS) is 20.2. The maximum Gasteiger partial charge on any atom is 0.573 e. The second-order valence-electron chi connectivity index (χ2n) is 7.82. The Bertz CT molecular complexity index is 1020. The highest BCUT2D eigenvalue weighted by Gasteiger charge is 2.43. The van der Waals surface area contributed by atoms with Crippen LogP contribution in [0.1, 0.15) is 15.9 Å². The number of pyridine rings is 1. The van der Waals surface area contributed by atoms with Crippen molar-refractivity contribution < 1.29 is 32.2 Å². The third-order valence-corrected chi connectivity index (χ3v) is 5.58. The third kappa shape index (κ3) is 5.04. The molecule has 4 rings (SSSR count). The minimum Gasteiger partial charge on any atom is -0.445 e. The van der Waals surface area contributed by atoms with E-state index >= 15 is 0 Å². The van der Waals surface area contributed by atoms with E-state index < -0.39 is 12.5 Å². The van der Waals surface area contributed by atoms with Crippen molar-refractivity contribution in [2.75, 3.05) is 26.2 Å². The van der Waals surface area contributed by atoms with Crippen molar-refractivity contribution >= 4 is 12.0 Å². The number of amides is 2. The number of nitrogens with one attached hydrogen (secondary N) is 1. The molecule has 8 nitrogen and oxygen atoms in total. The van der Waals surface area contributed by atoms with Crippen LogP contribution in [0.2, 0.25) is 0 Å². The quantitative estimate of drug-likeness (QED) is 0.772. The molecular formula is C21H20F3N3O5. The second-order valence-corrected chi connectivity index (χ2v) is 7.82. The van der Waals surface area contributed by atoms with Gasteiger partial charge in [0.15, 0.2) is 0 Å². The fourth-order valence-electron chi connectivity index (χ4n) is 4.06. The molecule has 2 atom stereocenters. The molecule has 0 aliphatic carbocycles. The number of aromatic nitrogens is 1. The van der Waals surface area contributed by atoms with E-state index in [9.17, 15) is 27.6 Å². The highest BCUT2D eigenvalue weighted by Crippen LogP contribution is 2.32. The van der Waals surface area contributed by atoms with Gasteiger partial charge < -0.3 is 24.3 Å². The Morgan fingerprint density at radius 3 is 2.16 bits per heavy atom. The first-order valence-electron chi connectivity index (χ1n) is 9.92. The predicted molar refractivity (Wildman–Crippen MR) is 105 cm³/mol. The lowest BCUT2D eigenvalue weighted by Crippen LogP contribution is -2.36. The summed E-state index contributed by atoms with van der Waals surface area (Å²) in [7, 11) is 0. The van der Waals surface area contributed by atoms with E-state index in [4.69, 9.17) is 4.74 Å². The molecule has 11 heteroatoms. The van der Waals surface area contributed by atoms with E-state index in [1.165, 1.54) is 30.5 Å². The molecule has 2 aromatic rings. The summed E-state index contributed by atoms with van der Waals surface area (Å²) in [4.78, 5) is 41.9. The molecule has 2 fully saturated rings. The smallest absolute Gasteiger partial charge is 0.445 e. The molecule has 0 bridgehead atoms. The molecule has 2 saturated heterocycles. The number of halogens is 3. The zero-order valence-corrected chi connectivity index (χ0v) is 16.8. The lowest BCUT2D eigenvalue weighted by molar-refractivity contribution is -0.274. The topological polar surface area (TPSA) is 91.9 Å². The molecule has 2 unspecified atom stereocenters. The molecule has 1 N–H and O–H groups in total.